The Labute approximate surface area is 158 Å². The van der Waals surface area contributed by atoms with Crippen molar-refractivity contribution in [3.63, 3.8) is 0 Å². The number of ether oxygens (including phenoxy) is 3. The number of benzene rings is 2. The van der Waals surface area contributed by atoms with Crippen molar-refractivity contribution in [1.29, 1.82) is 0 Å². The van der Waals surface area contributed by atoms with Crippen molar-refractivity contribution in [1.82, 2.24) is 4.98 Å². The summed E-state index contributed by atoms with van der Waals surface area (Å²) in [5.41, 5.74) is 1.28. The van der Waals surface area contributed by atoms with Gasteiger partial charge in [-0.25, -0.2) is 0 Å². The van der Waals surface area contributed by atoms with E-state index in [0.717, 1.165) is 36.5 Å². The minimum Gasteiger partial charge on any atom is -0.490 e. The van der Waals surface area contributed by atoms with Gasteiger partial charge in [-0.1, -0.05) is 25.8 Å². The van der Waals surface area contributed by atoms with E-state index in [2.05, 4.69) is 11.9 Å². The number of nitrogens with zero attached hydrogens (tertiary/aromatic N) is 1. The van der Waals surface area contributed by atoms with Crippen molar-refractivity contribution in [2.24, 2.45) is 0 Å². The topological polar surface area (TPSA) is 57.7 Å². The molecular weight excluding hydrogens is 342 g/mol. The van der Waals surface area contributed by atoms with Crippen molar-refractivity contribution >= 4 is 17.2 Å². The Balaban J connectivity index is 1.96. The minimum absolute atomic E-state index is 0.414. The summed E-state index contributed by atoms with van der Waals surface area (Å²) >= 11 is 0. The molecule has 1 heterocycles. The molecule has 0 aliphatic rings. The first-order chi connectivity index (χ1) is 13.3. The molecule has 0 spiro atoms. The lowest BCUT2D eigenvalue weighted by Crippen LogP contribution is -2.03. The van der Waals surface area contributed by atoms with E-state index in [1.165, 1.54) is 0 Å². The Bertz CT molecular complexity index is 918. The van der Waals surface area contributed by atoms with Crippen LogP contribution in [0.3, 0.4) is 0 Å². The summed E-state index contributed by atoms with van der Waals surface area (Å²) in [6.07, 6.45) is 5.59. The molecule has 0 radical (unpaired) electrons. The van der Waals surface area contributed by atoms with Crippen molar-refractivity contribution in [2.75, 3.05) is 13.7 Å². The highest BCUT2D eigenvalue weighted by molar-refractivity contribution is 5.86. The molecule has 0 bridgehead atoms. The lowest BCUT2D eigenvalue weighted by Gasteiger charge is -2.17. The number of aldehydes is 1. The highest BCUT2D eigenvalue weighted by atomic mass is 16.5. The first-order valence-electron chi connectivity index (χ1n) is 9.09. The van der Waals surface area contributed by atoms with Gasteiger partial charge in [0.1, 0.15) is 5.75 Å². The first kappa shape index (κ1) is 18.7. The van der Waals surface area contributed by atoms with Gasteiger partial charge in [0, 0.05) is 11.6 Å². The molecule has 3 rings (SSSR count). The molecule has 0 atom stereocenters. The van der Waals surface area contributed by atoms with Gasteiger partial charge in [-0.15, -0.1) is 0 Å². The smallest absolute Gasteiger partial charge is 0.204 e. The van der Waals surface area contributed by atoms with Crippen LogP contribution in [0.25, 0.3) is 10.9 Å². The number of rotatable bonds is 9. The average molecular weight is 365 g/mol. The van der Waals surface area contributed by atoms with Gasteiger partial charge in [-0.2, -0.15) is 0 Å². The van der Waals surface area contributed by atoms with E-state index in [9.17, 15) is 4.79 Å². The molecular formula is C22H23NO4. The number of carbonyl (C=O) groups excluding carboxylic acids is 1. The number of hydrogen-bond donors (Lipinski definition) is 0. The lowest BCUT2D eigenvalue weighted by molar-refractivity contribution is 0.111. The standard InChI is InChI=1S/C22H23NO4/c1-3-4-5-14-26-21-16(15-24)11-12-20(22(21)25-2)27-19-10-6-9-18-17(19)8-7-13-23-18/h6-13,15H,3-5,14H2,1-2H3. The second kappa shape index (κ2) is 9.03. The fraction of sp³-hybridized carbons (Fsp3) is 0.273. The van der Waals surface area contributed by atoms with E-state index in [-0.39, 0.29) is 0 Å². The number of carbonyl (C=O) groups is 1. The van der Waals surface area contributed by atoms with Gasteiger partial charge < -0.3 is 14.2 Å². The molecule has 27 heavy (non-hydrogen) atoms. The summed E-state index contributed by atoms with van der Waals surface area (Å²) in [6, 6.07) is 12.9. The number of fused-ring (bicyclic) bond motifs is 1. The van der Waals surface area contributed by atoms with Crippen LogP contribution in [-0.2, 0) is 0 Å². The van der Waals surface area contributed by atoms with E-state index in [0.29, 0.717) is 35.2 Å². The molecule has 0 unspecified atom stereocenters. The van der Waals surface area contributed by atoms with Gasteiger partial charge in [0.25, 0.3) is 0 Å². The van der Waals surface area contributed by atoms with Crippen LogP contribution in [0, 0.1) is 0 Å². The molecule has 2 aromatic carbocycles. The Kier molecular flexibility index (Phi) is 6.26. The Morgan fingerprint density at radius 2 is 1.89 bits per heavy atom. The maximum absolute atomic E-state index is 11.4. The minimum atomic E-state index is 0.414. The van der Waals surface area contributed by atoms with Crippen LogP contribution < -0.4 is 14.2 Å². The Morgan fingerprint density at radius 1 is 1.00 bits per heavy atom. The van der Waals surface area contributed by atoms with Gasteiger partial charge in [0.05, 0.1) is 24.8 Å². The van der Waals surface area contributed by atoms with Crippen LogP contribution in [-0.4, -0.2) is 25.0 Å². The number of unbranched alkanes of at least 4 members (excludes halogenated alkanes) is 2. The third-order valence-electron chi connectivity index (χ3n) is 4.26. The molecule has 5 nitrogen and oxygen atoms in total. The maximum Gasteiger partial charge on any atom is 0.204 e. The van der Waals surface area contributed by atoms with Gasteiger partial charge >= 0.3 is 0 Å². The molecule has 0 fully saturated rings. The summed E-state index contributed by atoms with van der Waals surface area (Å²) < 4.78 is 17.5. The normalized spacial score (nSPS) is 10.6. The van der Waals surface area contributed by atoms with E-state index in [1.54, 1.807) is 25.4 Å². The third kappa shape index (κ3) is 4.19. The van der Waals surface area contributed by atoms with Gasteiger partial charge in [-0.05, 0) is 42.8 Å². The molecule has 0 aliphatic heterocycles. The van der Waals surface area contributed by atoms with Crippen molar-refractivity contribution in [3.8, 4) is 23.0 Å². The Morgan fingerprint density at radius 3 is 2.67 bits per heavy atom. The molecule has 1 aromatic heterocycles. The fourth-order valence-electron chi connectivity index (χ4n) is 2.88. The monoisotopic (exact) mass is 365 g/mol. The van der Waals surface area contributed by atoms with Crippen molar-refractivity contribution in [2.45, 2.75) is 26.2 Å². The molecule has 5 heteroatoms. The number of pyridine rings is 1. The Hall–Kier alpha value is -3.08. The van der Waals surface area contributed by atoms with E-state index in [4.69, 9.17) is 14.2 Å². The molecule has 0 N–H and O–H groups in total. The highest BCUT2D eigenvalue weighted by Crippen LogP contribution is 2.42. The van der Waals surface area contributed by atoms with E-state index >= 15 is 0 Å². The second-order valence-corrected chi connectivity index (χ2v) is 6.12. The molecule has 0 saturated heterocycles. The summed E-state index contributed by atoms with van der Waals surface area (Å²) in [7, 11) is 1.54. The molecule has 0 aliphatic carbocycles. The van der Waals surface area contributed by atoms with E-state index in [1.807, 2.05) is 30.3 Å². The third-order valence-corrected chi connectivity index (χ3v) is 4.26. The molecule has 140 valence electrons. The zero-order chi connectivity index (χ0) is 19.1. The van der Waals surface area contributed by atoms with Gasteiger partial charge in [0.15, 0.2) is 17.8 Å². The van der Waals surface area contributed by atoms with Gasteiger partial charge in [-0.3, -0.25) is 9.78 Å². The largest absolute Gasteiger partial charge is 0.490 e. The van der Waals surface area contributed by atoms with Crippen LogP contribution in [0.2, 0.25) is 0 Å². The van der Waals surface area contributed by atoms with Crippen LogP contribution in [0.1, 0.15) is 36.5 Å². The number of methoxy groups -OCH3 is 1. The van der Waals surface area contributed by atoms with Crippen LogP contribution in [0.4, 0.5) is 0 Å². The molecule has 0 amide bonds. The number of aromatic nitrogens is 1. The summed E-state index contributed by atoms with van der Waals surface area (Å²) in [5.74, 6) is 1.98. The summed E-state index contributed by atoms with van der Waals surface area (Å²) in [5, 5.41) is 0.895. The van der Waals surface area contributed by atoms with Crippen LogP contribution in [0.15, 0.2) is 48.7 Å². The zero-order valence-corrected chi connectivity index (χ0v) is 15.6. The fourth-order valence-corrected chi connectivity index (χ4v) is 2.88. The summed E-state index contributed by atoms with van der Waals surface area (Å²) in [4.78, 5) is 15.8. The summed E-state index contributed by atoms with van der Waals surface area (Å²) in [6.45, 7) is 2.65. The van der Waals surface area contributed by atoms with Crippen molar-refractivity contribution in [3.05, 3.63) is 54.2 Å². The highest BCUT2D eigenvalue weighted by Gasteiger charge is 2.18. The molecule has 3 aromatic rings. The van der Waals surface area contributed by atoms with Gasteiger partial charge in [0.2, 0.25) is 5.75 Å². The number of hydrogen-bond acceptors (Lipinski definition) is 5. The van der Waals surface area contributed by atoms with Crippen molar-refractivity contribution < 1.29 is 19.0 Å². The first-order valence-corrected chi connectivity index (χ1v) is 9.09. The predicted molar refractivity (Wildman–Crippen MR) is 105 cm³/mol. The van der Waals surface area contributed by atoms with Crippen LogP contribution >= 0.6 is 0 Å². The van der Waals surface area contributed by atoms with E-state index < -0.39 is 0 Å². The average Bonchev–Trinajstić information content (AvgIpc) is 2.71. The second-order valence-electron chi connectivity index (χ2n) is 6.12. The maximum atomic E-state index is 11.4. The van der Waals surface area contributed by atoms with Crippen LogP contribution in [0.5, 0.6) is 23.0 Å². The lowest BCUT2D eigenvalue weighted by atomic mass is 10.1. The predicted octanol–water partition coefficient (Wildman–Crippen LogP) is 5.42. The molecule has 0 saturated carbocycles. The SMILES string of the molecule is CCCCCOc1c(C=O)ccc(Oc2cccc3ncccc23)c1OC. The zero-order valence-electron chi connectivity index (χ0n) is 15.6. The quantitative estimate of drug-likeness (QED) is 0.374.